The molecule has 1 aliphatic heterocycles. The van der Waals surface area contributed by atoms with E-state index in [0.717, 1.165) is 19.3 Å². The molecule has 1 saturated carbocycles. The summed E-state index contributed by atoms with van der Waals surface area (Å²) in [5, 5.41) is 5.85. The van der Waals surface area contributed by atoms with Crippen molar-refractivity contribution in [1.29, 1.82) is 0 Å². The van der Waals surface area contributed by atoms with Gasteiger partial charge in [0.15, 0.2) is 11.6 Å². The van der Waals surface area contributed by atoms with Gasteiger partial charge in [0.1, 0.15) is 23.4 Å². The average Bonchev–Trinajstić information content (AvgIpc) is 2.57. The number of aromatic nitrogens is 3. The number of methoxy groups -OCH3 is 1. The molecule has 1 amide bonds. The first-order chi connectivity index (χ1) is 12.4. The Morgan fingerprint density at radius 1 is 1.38 bits per heavy atom. The van der Waals surface area contributed by atoms with Gasteiger partial charge in [-0.25, -0.2) is 14.6 Å². The van der Waals surface area contributed by atoms with E-state index in [4.69, 9.17) is 22.1 Å². The van der Waals surface area contributed by atoms with E-state index >= 15 is 0 Å². The van der Waals surface area contributed by atoms with Crippen LogP contribution in [0, 0.1) is 0 Å². The van der Waals surface area contributed by atoms with E-state index < -0.39 is 11.2 Å². The Morgan fingerprint density at radius 2 is 2.15 bits per heavy atom. The van der Waals surface area contributed by atoms with Crippen LogP contribution in [0.4, 0.5) is 17.3 Å². The van der Waals surface area contributed by atoms with Crippen LogP contribution in [-0.2, 0) is 0 Å². The van der Waals surface area contributed by atoms with Crippen molar-refractivity contribution in [2.75, 3.05) is 23.6 Å². The summed E-state index contributed by atoms with van der Waals surface area (Å²) in [5.41, 5.74) is 7.94. The smallest absolute Gasteiger partial charge is 0.293 e. The molecule has 0 atom stereocenters. The summed E-state index contributed by atoms with van der Waals surface area (Å²) in [6.07, 6.45) is 3.67. The highest BCUT2D eigenvalue weighted by molar-refractivity contribution is 6.34. The number of nitrogens with zero attached hydrogens (tertiary/aromatic N) is 3. The first kappa shape index (κ1) is 16.5. The quantitative estimate of drug-likeness (QED) is 0.616. The highest BCUT2D eigenvalue weighted by Gasteiger charge is 2.44. The molecule has 0 radical (unpaired) electrons. The molecular weight excluding hydrogens is 362 g/mol. The molecule has 26 heavy (non-hydrogen) atoms. The zero-order valence-electron chi connectivity index (χ0n) is 13.8. The van der Waals surface area contributed by atoms with E-state index in [1.165, 1.54) is 24.2 Å². The fourth-order valence-corrected chi connectivity index (χ4v) is 3.36. The summed E-state index contributed by atoms with van der Waals surface area (Å²) in [5.74, 6) is 0.153. The van der Waals surface area contributed by atoms with E-state index in [9.17, 15) is 9.59 Å². The van der Waals surface area contributed by atoms with E-state index in [-0.39, 0.29) is 39.7 Å². The van der Waals surface area contributed by atoms with Gasteiger partial charge in [-0.3, -0.25) is 15.0 Å². The third-order valence-electron chi connectivity index (χ3n) is 4.54. The number of anilines is 3. The number of nitrogens with one attached hydrogen (secondary N) is 3. The molecule has 1 aliphatic carbocycles. The van der Waals surface area contributed by atoms with Gasteiger partial charge in [0.25, 0.3) is 11.5 Å². The second-order valence-electron chi connectivity index (χ2n) is 6.16. The maximum absolute atomic E-state index is 12.9. The molecule has 10 nitrogen and oxygen atoms in total. The zero-order chi connectivity index (χ0) is 18.5. The molecule has 1 fully saturated rings. The number of hydrogen-bond donors (Lipinski definition) is 4. The van der Waals surface area contributed by atoms with Crippen LogP contribution in [0.5, 0.6) is 5.75 Å². The average molecular weight is 378 g/mol. The number of nitrogens with two attached hydrogens (primary N) is 1. The van der Waals surface area contributed by atoms with Crippen LogP contribution >= 0.6 is 11.6 Å². The number of carbonyl (C=O) groups is 1. The topological polar surface area (TPSA) is 136 Å². The number of fused-ring (bicyclic) bond motifs is 1. The second kappa shape index (κ2) is 5.77. The van der Waals surface area contributed by atoms with E-state index in [2.05, 4.69) is 26.0 Å². The minimum absolute atomic E-state index is 0.0638. The minimum atomic E-state index is -0.604. The Balaban J connectivity index is 1.79. The van der Waals surface area contributed by atoms with Crippen molar-refractivity contribution in [2.45, 2.75) is 24.9 Å². The molecular formula is C15H16ClN7O3. The molecule has 0 saturated heterocycles. The highest BCUT2D eigenvalue weighted by Crippen LogP contribution is 2.34. The third kappa shape index (κ3) is 2.41. The van der Waals surface area contributed by atoms with Crippen molar-refractivity contribution < 1.29 is 9.53 Å². The summed E-state index contributed by atoms with van der Waals surface area (Å²) in [4.78, 5) is 33.2. The first-order valence-corrected chi connectivity index (χ1v) is 8.30. The van der Waals surface area contributed by atoms with Gasteiger partial charge in [-0.2, -0.15) is 0 Å². The van der Waals surface area contributed by atoms with Gasteiger partial charge in [0.05, 0.1) is 12.1 Å². The Hall–Kier alpha value is -3.01. The summed E-state index contributed by atoms with van der Waals surface area (Å²) in [6.45, 7) is 0. The molecule has 5 N–H and O–H groups in total. The lowest BCUT2D eigenvalue weighted by molar-refractivity contribution is 0.0790. The lowest BCUT2D eigenvalue weighted by atomic mass is 9.84. The number of halogens is 1. The van der Waals surface area contributed by atoms with Crippen molar-refractivity contribution in [3.63, 3.8) is 0 Å². The predicted molar refractivity (Wildman–Crippen MR) is 95.4 cm³/mol. The number of pyridine rings is 1. The fraction of sp³-hybridized carbons (Fsp3) is 0.333. The minimum Gasteiger partial charge on any atom is -0.490 e. The monoisotopic (exact) mass is 377 g/mol. The standard InChI is InChI=1S/C15H16ClN7O3/c1-26-10-11(17)18-6-19-12(10)20-8-5-7(16)9-13(24)21-15(3-2-4-15)22-23(9)14(8)25/h5-6,22H,2-4H2,1H3,(H,21,24)(H3,17,18,19,20). The van der Waals surface area contributed by atoms with E-state index in [1.54, 1.807) is 0 Å². The number of nitrogen functional groups attached to an aromatic ring is 1. The fourth-order valence-electron chi connectivity index (χ4n) is 3.08. The van der Waals surface area contributed by atoms with Gasteiger partial charge >= 0.3 is 0 Å². The highest BCUT2D eigenvalue weighted by atomic mass is 35.5. The lowest BCUT2D eigenvalue weighted by Crippen LogP contribution is -2.67. The molecule has 0 aromatic carbocycles. The lowest BCUT2D eigenvalue weighted by Gasteiger charge is -2.47. The second-order valence-corrected chi connectivity index (χ2v) is 6.57. The SMILES string of the molecule is COc1c(N)ncnc1Nc1cc(Cl)c2n(c1=O)NC1(CCC1)NC2=O. The Morgan fingerprint density at radius 3 is 2.81 bits per heavy atom. The van der Waals surface area contributed by atoms with Gasteiger partial charge in [-0.05, 0) is 25.3 Å². The van der Waals surface area contributed by atoms with Gasteiger partial charge in [0, 0.05) is 0 Å². The molecule has 1 spiro atoms. The van der Waals surface area contributed by atoms with Gasteiger partial charge in [-0.15, -0.1) is 0 Å². The summed E-state index contributed by atoms with van der Waals surface area (Å²) in [6, 6.07) is 1.37. The van der Waals surface area contributed by atoms with Crippen molar-refractivity contribution in [3.8, 4) is 5.75 Å². The van der Waals surface area contributed by atoms with E-state index in [1.807, 2.05) is 0 Å². The van der Waals surface area contributed by atoms with Gasteiger partial charge in [-0.1, -0.05) is 11.6 Å². The number of hydrogen-bond acceptors (Lipinski definition) is 8. The van der Waals surface area contributed by atoms with Gasteiger partial charge < -0.3 is 21.1 Å². The van der Waals surface area contributed by atoms with Crippen molar-refractivity contribution in [3.05, 3.63) is 33.5 Å². The van der Waals surface area contributed by atoms with Gasteiger partial charge in [0.2, 0.25) is 5.75 Å². The van der Waals surface area contributed by atoms with Crippen LogP contribution in [-0.4, -0.2) is 33.3 Å². The molecule has 2 aromatic rings. The maximum atomic E-state index is 12.9. The summed E-state index contributed by atoms with van der Waals surface area (Å²) >= 11 is 6.25. The Labute approximate surface area is 152 Å². The molecule has 3 heterocycles. The number of rotatable bonds is 3. The maximum Gasteiger partial charge on any atom is 0.293 e. The summed E-state index contributed by atoms with van der Waals surface area (Å²) in [7, 11) is 1.42. The van der Waals surface area contributed by atoms with Crippen molar-refractivity contribution >= 4 is 34.8 Å². The molecule has 0 unspecified atom stereocenters. The van der Waals surface area contributed by atoms with Crippen LogP contribution in [0.1, 0.15) is 29.8 Å². The number of amides is 1. The largest absolute Gasteiger partial charge is 0.490 e. The van der Waals surface area contributed by atoms with Crippen LogP contribution in [0.15, 0.2) is 17.2 Å². The van der Waals surface area contributed by atoms with Crippen LogP contribution in [0.3, 0.4) is 0 Å². The first-order valence-electron chi connectivity index (χ1n) is 7.92. The van der Waals surface area contributed by atoms with Crippen LogP contribution < -0.4 is 32.1 Å². The third-order valence-corrected chi connectivity index (χ3v) is 4.83. The Kier molecular flexibility index (Phi) is 3.65. The molecule has 0 bridgehead atoms. The summed E-state index contributed by atoms with van der Waals surface area (Å²) < 4.78 is 6.35. The normalized spacial score (nSPS) is 16.9. The Bertz CT molecular complexity index is 970. The van der Waals surface area contributed by atoms with Crippen LogP contribution in [0.25, 0.3) is 0 Å². The number of carbonyl (C=O) groups excluding carboxylic acids is 1. The molecule has 4 rings (SSSR count). The molecule has 2 aliphatic rings. The molecule has 2 aromatic heterocycles. The zero-order valence-corrected chi connectivity index (χ0v) is 14.6. The van der Waals surface area contributed by atoms with Crippen molar-refractivity contribution in [1.82, 2.24) is 20.0 Å². The van der Waals surface area contributed by atoms with Crippen LogP contribution in [0.2, 0.25) is 5.02 Å². The van der Waals surface area contributed by atoms with Crippen molar-refractivity contribution in [2.24, 2.45) is 0 Å². The predicted octanol–water partition coefficient (Wildman–Crippen LogP) is 0.793. The molecule has 11 heteroatoms. The molecule has 136 valence electrons. The van der Waals surface area contributed by atoms with E-state index in [0.29, 0.717) is 0 Å². The number of ether oxygens (including phenoxy) is 1.